The summed E-state index contributed by atoms with van der Waals surface area (Å²) in [6.45, 7) is 5.86. The molecule has 0 saturated carbocycles. The zero-order chi connectivity index (χ0) is 13.8. The van der Waals surface area contributed by atoms with Crippen LogP contribution in [0, 0.1) is 13.8 Å². The third-order valence-electron chi connectivity index (χ3n) is 2.69. The summed E-state index contributed by atoms with van der Waals surface area (Å²) in [5.74, 6) is 2.67. The smallest absolute Gasteiger partial charge is 0.224 e. The molecule has 2 aromatic rings. The molecule has 0 aromatic carbocycles. The third kappa shape index (κ3) is 3.19. The van der Waals surface area contributed by atoms with Crippen LogP contribution in [0.2, 0.25) is 0 Å². The predicted octanol–water partition coefficient (Wildman–Crippen LogP) is 2.88. The summed E-state index contributed by atoms with van der Waals surface area (Å²) < 4.78 is 5.83. The molecule has 2 heterocycles. The average molecular weight is 258 g/mol. The number of rotatable bonds is 4. The average Bonchev–Trinajstić information content (AvgIpc) is 2.40. The molecule has 19 heavy (non-hydrogen) atoms. The van der Waals surface area contributed by atoms with Crippen molar-refractivity contribution in [2.24, 2.45) is 0 Å². The Morgan fingerprint density at radius 2 is 1.95 bits per heavy atom. The van der Waals surface area contributed by atoms with Crippen molar-refractivity contribution in [3.63, 3.8) is 0 Å². The van der Waals surface area contributed by atoms with Gasteiger partial charge in [-0.05, 0) is 32.4 Å². The van der Waals surface area contributed by atoms with E-state index in [0.29, 0.717) is 11.7 Å². The molecule has 0 aliphatic carbocycles. The van der Waals surface area contributed by atoms with E-state index >= 15 is 0 Å². The first-order valence-corrected chi connectivity index (χ1v) is 6.30. The lowest BCUT2D eigenvalue weighted by molar-refractivity contribution is 0.451. The number of aromatic nitrogens is 3. The summed E-state index contributed by atoms with van der Waals surface area (Å²) in [5, 5.41) is 2.98. The highest BCUT2D eigenvalue weighted by molar-refractivity contribution is 5.40. The molecule has 0 atom stereocenters. The molecule has 0 radical (unpaired) electrons. The highest BCUT2D eigenvalue weighted by Gasteiger charge is 2.08. The minimum Gasteiger partial charge on any atom is -0.437 e. The number of aryl methyl sites for hydroxylation is 3. The number of nitrogens with zero attached hydrogens (tertiary/aromatic N) is 3. The lowest BCUT2D eigenvalue weighted by atomic mass is 10.2. The van der Waals surface area contributed by atoms with Crippen molar-refractivity contribution >= 4 is 5.82 Å². The van der Waals surface area contributed by atoms with Crippen molar-refractivity contribution in [1.29, 1.82) is 0 Å². The fraction of sp³-hybridized carbons (Fsp3) is 0.357. The Kier molecular flexibility index (Phi) is 3.94. The van der Waals surface area contributed by atoms with Gasteiger partial charge < -0.3 is 10.1 Å². The SMILES string of the molecule is CCc1nc(C)ccc1Oc1cc(NC)nc(C)n1. The van der Waals surface area contributed by atoms with E-state index in [-0.39, 0.29) is 0 Å². The van der Waals surface area contributed by atoms with Gasteiger partial charge in [-0.3, -0.25) is 4.98 Å². The van der Waals surface area contributed by atoms with Crippen molar-refractivity contribution in [1.82, 2.24) is 15.0 Å². The van der Waals surface area contributed by atoms with Crippen molar-refractivity contribution in [2.45, 2.75) is 27.2 Å². The van der Waals surface area contributed by atoms with Crippen molar-refractivity contribution < 1.29 is 4.74 Å². The van der Waals surface area contributed by atoms with Crippen LogP contribution in [0.25, 0.3) is 0 Å². The second kappa shape index (κ2) is 5.65. The van der Waals surface area contributed by atoms with Gasteiger partial charge in [0.05, 0.1) is 5.69 Å². The third-order valence-corrected chi connectivity index (χ3v) is 2.69. The standard InChI is InChI=1S/C14H18N4O/c1-5-11-12(7-6-9(2)16-11)19-14-8-13(15-4)17-10(3)18-14/h6-8H,5H2,1-4H3,(H,15,17,18). The highest BCUT2D eigenvalue weighted by atomic mass is 16.5. The summed E-state index contributed by atoms with van der Waals surface area (Å²) in [6, 6.07) is 5.63. The second-order valence-electron chi connectivity index (χ2n) is 4.24. The maximum Gasteiger partial charge on any atom is 0.224 e. The maximum atomic E-state index is 5.83. The van der Waals surface area contributed by atoms with Gasteiger partial charge in [0.15, 0.2) is 5.75 Å². The maximum absolute atomic E-state index is 5.83. The van der Waals surface area contributed by atoms with Crippen LogP contribution >= 0.6 is 0 Å². The Morgan fingerprint density at radius 3 is 2.63 bits per heavy atom. The fourth-order valence-corrected chi connectivity index (χ4v) is 1.78. The molecule has 0 aliphatic rings. The van der Waals surface area contributed by atoms with E-state index in [1.54, 1.807) is 6.07 Å². The Hall–Kier alpha value is -2.17. The number of hydrogen-bond donors (Lipinski definition) is 1. The summed E-state index contributed by atoms with van der Waals surface area (Å²) in [6.07, 6.45) is 0.819. The van der Waals surface area contributed by atoms with Crippen LogP contribution in [-0.2, 0) is 6.42 Å². The quantitative estimate of drug-likeness (QED) is 0.913. The van der Waals surface area contributed by atoms with Crippen molar-refractivity contribution in [2.75, 3.05) is 12.4 Å². The zero-order valence-electron chi connectivity index (χ0n) is 11.7. The molecule has 0 spiro atoms. The van der Waals surface area contributed by atoms with Crippen molar-refractivity contribution in [3.05, 3.63) is 35.4 Å². The van der Waals surface area contributed by atoms with Gasteiger partial charge in [0.1, 0.15) is 11.6 Å². The normalized spacial score (nSPS) is 10.3. The molecule has 2 aromatic heterocycles. The molecule has 0 unspecified atom stereocenters. The van der Waals surface area contributed by atoms with E-state index < -0.39 is 0 Å². The first-order valence-electron chi connectivity index (χ1n) is 6.30. The number of anilines is 1. The van der Waals surface area contributed by atoms with E-state index in [0.717, 1.165) is 29.4 Å². The van der Waals surface area contributed by atoms with Crippen molar-refractivity contribution in [3.8, 4) is 11.6 Å². The molecule has 5 heteroatoms. The number of ether oxygens (including phenoxy) is 1. The van der Waals surface area contributed by atoms with Gasteiger partial charge in [0, 0.05) is 18.8 Å². The molecular weight excluding hydrogens is 240 g/mol. The van der Waals surface area contributed by atoms with Crippen LogP contribution in [0.15, 0.2) is 18.2 Å². The molecule has 0 bridgehead atoms. The molecule has 0 fully saturated rings. The lowest BCUT2D eigenvalue weighted by Gasteiger charge is -2.10. The monoisotopic (exact) mass is 258 g/mol. The Labute approximate surface area is 113 Å². The van der Waals surface area contributed by atoms with Gasteiger partial charge in [-0.1, -0.05) is 6.92 Å². The van der Waals surface area contributed by atoms with Gasteiger partial charge in [-0.25, -0.2) is 4.98 Å². The van der Waals surface area contributed by atoms with Gasteiger partial charge in [0.2, 0.25) is 5.88 Å². The highest BCUT2D eigenvalue weighted by Crippen LogP contribution is 2.24. The second-order valence-corrected chi connectivity index (χ2v) is 4.24. The molecular formula is C14H18N4O. The number of hydrogen-bond acceptors (Lipinski definition) is 5. The van der Waals surface area contributed by atoms with Crippen LogP contribution in [0.1, 0.15) is 24.1 Å². The van der Waals surface area contributed by atoms with Gasteiger partial charge in [-0.2, -0.15) is 4.98 Å². The molecule has 2 rings (SSSR count). The minimum absolute atomic E-state index is 0.525. The lowest BCUT2D eigenvalue weighted by Crippen LogP contribution is -2.01. The zero-order valence-corrected chi connectivity index (χ0v) is 11.7. The minimum atomic E-state index is 0.525. The Bertz CT molecular complexity index is 584. The molecule has 100 valence electrons. The summed E-state index contributed by atoms with van der Waals surface area (Å²) in [5.41, 5.74) is 1.92. The largest absolute Gasteiger partial charge is 0.437 e. The van der Waals surface area contributed by atoms with E-state index in [2.05, 4.69) is 27.2 Å². The van der Waals surface area contributed by atoms with Crippen LogP contribution in [-0.4, -0.2) is 22.0 Å². The Morgan fingerprint density at radius 1 is 1.16 bits per heavy atom. The van der Waals surface area contributed by atoms with Crippen LogP contribution in [0.3, 0.4) is 0 Å². The van der Waals surface area contributed by atoms with E-state index in [9.17, 15) is 0 Å². The number of nitrogens with one attached hydrogen (secondary N) is 1. The topological polar surface area (TPSA) is 59.9 Å². The summed E-state index contributed by atoms with van der Waals surface area (Å²) in [7, 11) is 1.82. The fourth-order valence-electron chi connectivity index (χ4n) is 1.78. The Balaban J connectivity index is 2.33. The molecule has 5 nitrogen and oxygen atoms in total. The van der Waals surface area contributed by atoms with E-state index in [1.807, 2.05) is 33.0 Å². The molecule has 1 N–H and O–H groups in total. The first-order chi connectivity index (χ1) is 9.12. The molecule has 0 amide bonds. The van der Waals surface area contributed by atoms with Crippen LogP contribution < -0.4 is 10.1 Å². The predicted molar refractivity (Wildman–Crippen MR) is 74.7 cm³/mol. The van der Waals surface area contributed by atoms with Gasteiger partial charge in [0.25, 0.3) is 0 Å². The van der Waals surface area contributed by atoms with E-state index in [1.165, 1.54) is 0 Å². The van der Waals surface area contributed by atoms with Crippen LogP contribution in [0.5, 0.6) is 11.6 Å². The van der Waals surface area contributed by atoms with Crippen LogP contribution in [0.4, 0.5) is 5.82 Å². The molecule has 0 aliphatic heterocycles. The number of pyridine rings is 1. The van der Waals surface area contributed by atoms with Gasteiger partial charge in [-0.15, -0.1) is 0 Å². The van der Waals surface area contributed by atoms with Gasteiger partial charge >= 0.3 is 0 Å². The summed E-state index contributed by atoms with van der Waals surface area (Å²) in [4.78, 5) is 13.0. The first kappa shape index (κ1) is 13.3. The molecule has 0 saturated heterocycles. The summed E-state index contributed by atoms with van der Waals surface area (Å²) >= 11 is 0. The van der Waals surface area contributed by atoms with E-state index in [4.69, 9.17) is 4.74 Å².